The fraction of sp³-hybridized carbons (Fsp3) is 0.800. The van der Waals surface area contributed by atoms with Gasteiger partial charge in [-0.1, -0.05) is 0 Å². The van der Waals surface area contributed by atoms with Crippen LogP contribution >= 0.6 is 0 Å². The Morgan fingerprint density at radius 2 is 2.13 bits per heavy atom. The fourth-order valence-electron chi connectivity index (χ4n) is 1.61. The molecule has 1 amide bonds. The maximum Gasteiger partial charge on any atom is 0.303 e. The Balaban J connectivity index is 2.09. The molecule has 5 nitrogen and oxygen atoms in total. The monoisotopic (exact) mass is 215 g/mol. The lowest BCUT2D eigenvalue weighted by Crippen LogP contribution is -2.50. The molecule has 86 valence electrons. The number of likely N-dealkylation sites (tertiary alicyclic amines) is 1. The van der Waals surface area contributed by atoms with Gasteiger partial charge in [-0.15, -0.1) is 0 Å². The molecular weight excluding hydrogens is 198 g/mol. The predicted molar refractivity (Wildman–Crippen MR) is 53.4 cm³/mol. The Kier molecular flexibility index (Phi) is 4.55. The van der Waals surface area contributed by atoms with E-state index in [-0.39, 0.29) is 18.2 Å². The van der Waals surface area contributed by atoms with Crippen molar-refractivity contribution >= 4 is 11.9 Å². The highest BCUT2D eigenvalue weighted by Crippen LogP contribution is 2.19. The number of hydrogen-bond acceptors (Lipinski definition) is 3. The summed E-state index contributed by atoms with van der Waals surface area (Å²) in [5.41, 5.74) is 0. The highest BCUT2D eigenvalue weighted by Gasteiger charge is 2.31. The van der Waals surface area contributed by atoms with Crippen molar-refractivity contribution in [1.29, 1.82) is 0 Å². The Morgan fingerprint density at radius 1 is 1.47 bits per heavy atom. The van der Waals surface area contributed by atoms with E-state index in [2.05, 4.69) is 0 Å². The van der Waals surface area contributed by atoms with Crippen molar-refractivity contribution in [3.63, 3.8) is 0 Å². The van der Waals surface area contributed by atoms with Crippen LogP contribution in [0.4, 0.5) is 0 Å². The molecule has 5 heteroatoms. The predicted octanol–water partition coefficient (Wildman–Crippen LogP) is 0.346. The molecule has 0 aliphatic carbocycles. The lowest BCUT2D eigenvalue weighted by atomic mass is 9.96. The average molecular weight is 215 g/mol. The molecule has 1 rings (SSSR count). The first kappa shape index (κ1) is 12.0. The molecule has 0 bridgehead atoms. The summed E-state index contributed by atoms with van der Waals surface area (Å²) in [6.07, 6.45) is 0.558. The molecule has 1 aliphatic heterocycles. The van der Waals surface area contributed by atoms with Gasteiger partial charge in [0, 0.05) is 25.6 Å². The van der Waals surface area contributed by atoms with Crippen LogP contribution in [-0.4, -0.2) is 48.2 Å². The lowest BCUT2D eigenvalue weighted by Gasteiger charge is -2.38. The van der Waals surface area contributed by atoms with Crippen molar-refractivity contribution in [2.24, 2.45) is 5.92 Å². The van der Waals surface area contributed by atoms with E-state index in [0.717, 1.165) is 0 Å². The van der Waals surface area contributed by atoms with Gasteiger partial charge in [0.1, 0.15) is 0 Å². The molecule has 0 unspecified atom stereocenters. The third kappa shape index (κ3) is 3.87. The van der Waals surface area contributed by atoms with Crippen molar-refractivity contribution in [3.8, 4) is 0 Å². The zero-order chi connectivity index (χ0) is 11.3. The number of rotatable bonds is 6. The third-order valence-electron chi connectivity index (χ3n) is 2.44. The summed E-state index contributed by atoms with van der Waals surface area (Å²) >= 11 is 0. The SMILES string of the molecule is CCOCCC(=O)N1CC(CC(=O)O)C1. The zero-order valence-electron chi connectivity index (χ0n) is 8.94. The molecular formula is C10H17NO4. The number of amides is 1. The minimum atomic E-state index is -0.790. The summed E-state index contributed by atoms with van der Waals surface area (Å²) in [4.78, 5) is 23.5. The summed E-state index contributed by atoms with van der Waals surface area (Å²) in [5, 5.41) is 8.52. The van der Waals surface area contributed by atoms with E-state index >= 15 is 0 Å². The average Bonchev–Trinajstić information content (AvgIpc) is 2.10. The molecule has 0 atom stereocenters. The van der Waals surface area contributed by atoms with Crippen LogP contribution in [0.25, 0.3) is 0 Å². The van der Waals surface area contributed by atoms with Gasteiger partial charge in [-0.2, -0.15) is 0 Å². The first-order valence-electron chi connectivity index (χ1n) is 5.20. The summed E-state index contributed by atoms with van der Waals surface area (Å²) in [5.74, 6) is -0.593. The molecule has 1 saturated heterocycles. The smallest absolute Gasteiger partial charge is 0.303 e. The standard InChI is InChI=1S/C10H17NO4/c1-2-15-4-3-9(12)11-6-8(7-11)5-10(13)14/h8H,2-7H2,1H3,(H,13,14). The molecule has 0 saturated carbocycles. The first-order valence-corrected chi connectivity index (χ1v) is 5.20. The van der Waals surface area contributed by atoms with Gasteiger partial charge in [0.2, 0.25) is 5.91 Å². The molecule has 1 fully saturated rings. The van der Waals surface area contributed by atoms with Crippen molar-refractivity contribution in [1.82, 2.24) is 4.90 Å². The van der Waals surface area contributed by atoms with Crippen LogP contribution in [-0.2, 0) is 14.3 Å². The molecule has 1 aliphatic rings. The largest absolute Gasteiger partial charge is 0.481 e. The molecule has 0 aromatic rings. The number of carbonyl (C=O) groups is 2. The highest BCUT2D eigenvalue weighted by molar-refractivity contribution is 5.77. The number of ether oxygens (including phenoxy) is 1. The minimum Gasteiger partial charge on any atom is -0.481 e. The number of carbonyl (C=O) groups excluding carboxylic acids is 1. The molecule has 1 N–H and O–H groups in total. The van der Waals surface area contributed by atoms with Gasteiger partial charge in [-0.3, -0.25) is 9.59 Å². The van der Waals surface area contributed by atoms with Crippen LogP contribution in [0.15, 0.2) is 0 Å². The van der Waals surface area contributed by atoms with Gasteiger partial charge >= 0.3 is 5.97 Å². The summed E-state index contributed by atoms with van der Waals surface area (Å²) < 4.78 is 5.07. The van der Waals surface area contributed by atoms with Crippen molar-refractivity contribution in [2.45, 2.75) is 19.8 Å². The van der Waals surface area contributed by atoms with Crippen LogP contribution < -0.4 is 0 Å². The lowest BCUT2D eigenvalue weighted by molar-refractivity contribution is -0.145. The van der Waals surface area contributed by atoms with Crippen LogP contribution in [0.3, 0.4) is 0 Å². The van der Waals surface area contributed by atoms with Crippen LogP contribution in [0.5, 0.6) is 0 Å². The first-order chi connectivity index (χ1) is 7.13. The normalized spacial score (nSPS) is 16.2. The molecule has 0 aromatic carbocycles. The van der Waals surface area contributed by atoms with Gasteiger partial charge in [0.25, 0.3) is 0 Å². The topological polar surface area (TPSA) is 66.8 Å². The van der Waals surface area contributed by atoms with Crippen LogP contribution in [0, 0.1) is 5.92 Å². The quantitative estimate of drug-likeness (QED) is 0.649. The number of aliphatic carboxylic acids is 1. The minimum absolute atomic E-state index is 0.0603. The number of carboxylic acids is 1. The highest BCUT2D eigenvalue weighted by atomic mass is 16.5. The maximum atomic E-state index is 11.4. The van der Waals surface area contributed by atoms with E-state index in [1.165, 1.54) is 0 Å². The van der Waals surface area contributed by atoms with Gasteiger partial charge in [0.15, 0.2) is 0 Å². The van der Waals surface area contributed by atoms with Crippen LogP contribution in [0.2, 0.25) is 0 Å². The Hall–Kier alpha value is -1.10. The van der Waals surface area contributed by atoms with Crippen LogP contribution in [0.1, 0.15) is 19.8 Å². The molecule has 1 heterocycles. The second kappa shape index (κ2) is 5.70. The maximum absolute atomic E-state index is 11.4. The van der Waals surface area contributed by atoms with Crippen molar-refractivity contribution in [3.05, 3.63) is 0 Å². The number of carboxylic acid groups (broad SMARTS) is 1. The van der Waals surface area contributed by atoms with Crippen molar-refractivity contribution < 1.29 is 19.4 Å². The molecule has 0 radical (unpaired) electrons. The Morgan fingerprint density at radius 3 is 2.67 bits per heavy atom. The molecule has 15 heavy (non-hydrogen) atoms. The van der Waals surface area contributed by atoms with E-state index < -0.39 is 5.97 Å². The number of hydrogen-bond donors (Lipinski definition) is 1. The second-order valence-electron chi connectivity index (χ2n) is 3.71. The van der Waals surface area contributed by atoms with E-state index in [1.54, 1.807) is 4.90 Å². The van der Waals surface area contributed by atoms with Gasteiger partial charge < -0.3 is 14.7 Å². The fourth-order valence-corrected chi connectivity index (χ4v) is 1.61. The van der Waals surface area contributed by atoms with E-state index in [4.69, 9.17) is 9.84 Å². The summed E-state index contributed by atoms with van der Waals surface area (Å²) in [7, 11) is 0. The van der Waals surface area contributed by atoms with Gasteiger partial charge in [-0.05, 0) is 6.92 Å². The second-order valence-corrected chi connectivity index (χ2v) is 3.71. The van der Waals surface area contributed by atoms with E-state index in [0.29, 0.717) is 32.7 Å². The molecule has 0 aromatic heterocycles. The van der Waals surface area contributed by atoms with Gasteiger partial charge in [0.05, 0.1) is 19.4 Å². The van der Waals surface area contributed by atoms with Crippen molar-refractivity contribution in [2.75, 3.05) is 26.3 Å². The van der Waals surface area contributed by atoms with Gasteiger partial charge in [-0.25, -0.2) is 0 Å². The van der Waals surface area contributed by atoms with E-state index in [1.807, 2.05) is 6.92 Å². The zero-order valence-corrected chi connectivity index (χ0v) is 8.94. The summed E-state index contributed by atoms with van der Waals surface area (Å²) in [6, 6.07) is 0. The summed E-state index contributed by atoms with van der Waals surface area (Å²) in [6.45, 7) is 4.12. The third-order valence-corrected chi connectivity index (χ3v) is 2.44. The van der Waals surface area contributed by atoms with E-state index in [9.17, 15) is 9.59 Å². The molecule has 0 spiro atoms. The Labute approximate surface area is 89.0 Å². The Bertz CT molecular complexity index is 236. The number of nitrogens with zero attached hydrogens (tertiary/aromatic N) is 1.